The van der Waals surface area contributed by atoms with E-state index in [4.69, 9.17) is 5.73 Å². The van der Waals surface area contributed by atoms with Crippen molar-refractivity contribution in [1.82, 2.24) is 10.2 Å². The Labute approximate surface area is 172 Å². The van der Waals surface area contributed by atoms with Gasteiger partial charge >= 0.3 is 6.03 Å². The third-order valence-corrected chi connectivity index (χ3v) is 6.70. The fourth-order valence-electron chi connectivity index (χ4n) is 4.91. The zero-order chi connectivity index (χ0) is 20.3. The molecule has 5 nitrogen and oxygen atoms in total. The lowest BCUT2D eigenvalue weighted by Gasteiger charge is -2.40. The molecule has 3 N–H and O–H groups in total. The van der Waals surface area contributed by atoms with E-state index in [0.717, 1.165) is 18.4 Å². The number of urea groups is 1. The molecule has 1 aliphatic carbocycles. The second-order valence-electron chi connectivity index (χ2n) is 8.27. The Morgan fingerprint density at radius 1 is 1.03 bits per heavy atom. The van der Waals surface area contributed by atoms with Crippen LogP contribution in [0.1, 0.15) is 48.3 Å². The lowest BCUT2D eigenvalue weighted by Crippen LogP contribution is -2.53. The summed E-state index contributed by atoms with van der Waals surface area (Å²) in [5.74, 6) is 0.0743. The number of rotatable bonds is 4. The average molecular weight is 392 g/mol. The van der Waals surface area contributed by atoms with Gasteiger partial charge in [-0.25, -0.2) is 4.79 Å². The van der Waals surface area contributed by atoms with Crippen LogP contribution in [-0.2, 0) is 16.6 Å². The van der Waals surface area contributed by atoms with E-state index in [2.05, 4.69) is 29.6 Å². The molecule has 2 aromatic rings. The Hall–Kier alpha value is -2.82. The van der Waals surface area contributed by atoms with Gasteiger partial charge in [0.25, 0.3) is 0 Å². The minimum Gasteiger partial charge on any atom is -0.369 e. The van der Waals surface area contributed by atoms with Gasteiger partial charge in [0, 0.05) is 25.6 Å². The summed E-state index contributed by atoms with van der Waals surface area (Å²) >= 11 is 0. The summed E-state index contributed by atoms with van der Waals surface area (Å²) in [6.07, 6.45) is 4.52. The third-order valence-electron chi connectivity index (χ3n) is 6.70. The SMILES string of the molecule is NC(=O)C1(c2ccccc2)CCN(C(=O)NCC2CCCc3ccccc32)CC1. The molecule has 0 bridgehead atoms. The number of piperidine rings is 1. The van der Waals surface area contributed by atoms with Crippen LogP contribution in [0.4, 0.5) is 4.79 Å². The maximum Gasteiger partial charge on any atom is 0.317 e. The number of carbonyl (C=O) groups is 2. The van der Waals surface area contributed by atoms with Crippen molar-refractivity contribution in [3.63, 3.8) is 0 Å². The van der Waals surface area contributed by atoms with Crippen LogP contribution in [0, 0.1) is 0 Å². The Balaban J connectivity index is 1.37. The summed E-state index contributed by atoms with van der Waals surface area (Å²) in [6.45, 7) is 1.72. The van der Waals surface area contributed by atoms with Gasteiger partial charge in [-0.15, -0.1) is 0 Å². The van der Waals surface area contributed by atoms with Gasteiger partial charge in [0.2, 0.25) is 5.91 Å². The van der Waals surface area contributed by atoms with Gasteiger partial charge in [0.05, 0.1) is 5.41 Å². The first-order valence-electron chi connectivity index (χ1n) is 10.6. The van der Waals surface area contributed by atoms with E-state index in [1.165, 1.54) is 17.5 Å². The van der Waals surface area contributed by atoms with Crippen molar-refractivity contribution in [2.45, 2.75) is 43.4 Å². The number of aryl methyl sites for hydroxylation is 1. The maximum atomic E-state index is 12.8. The molecule has 1 unspecified atom stereocenters. The maximum absolute atomic E-state index is 12.8. The van der Waals surface area contributed by atoms with Crippen LogP contribution >= 0.6 is 0 Å². The van der Waals surface area contributed by atoms with Gasteiger partial charge in [-0.05, 0) is 48.8 Å². The van der Waals surface area contributed by atoms with E-state index in [0.29, 0.717) is 38.4 Å². The van der Waals surface area contributed by atoms with Crippen LogP contribution in [-0.4, -0.2) is 36.5 Å². The smallest absolute Gasteiger partial charge is 0.317 e. The fourth-order valence-corrected chi connectivity index (χ4v) is 4.91. The Bertz CT molecular complexity index is 873. The molecule has 0 saturated carbocycles. The minimum absolute atomic E-state index is 0.0424. The molecule has 3 amide bonds. The summed E-state index contributed by atoms with van der Waals surface area (Å²) in [4.78, 5) is 26.9. The van der Waals surface area contributed by atoms with Crippen molar-refractivity contribution >= 4 is 11.9 Å². The average Bonchev–Trinajstić information content (AvgIpc) is 2.78. The van der Waals surface area contributed by atoms with Crippen molar-refractivity contribution in [2.24, 2.45) is 5.73 Å². The van der Waals surface area contributed by atoms with Crippen LogP contribution in [0.15, 0.2) is 54.6 Å². The van der Waals surface area contributed by atoms with Crippen molar-refractivity contribution in [3.8, 4) is 0 Å². The molecular weight excluding hydrogens is 362 g/mol. The van der Waals surface area contributed by atoms with Crippen molar-refractivity contribution in [2.75, 3.05) is 19.6 Å². The number of hydrogen-bond acceptors (Lipinski definition) is 2. The third kappa shape index (κ3) is 3.86. The summed E-state index contributed by atoms with van der Waals surface area (Å²) < 4.78 is 0. The number of primary amides is 1. The number of benzene rings is 2. The van der Waals surface area contributed by atoms with E-state index in [1.807, 2.05) is 35.2 Å². The lowest BCUT2D eigenvalue weighted by molar-refractivity contribution is -0.125. The summed E-state index contributed by atoms with van der Waals surface area (Å²) in [5.41, 5.74) is 8.85. The van der Waals surface area contributed by atoms with Crippen LogP contribution in [0.5, 0.6) is 0 Å². The van der Waals surface area contributed by atoms with E-state index < -0.39 is 5.41 Å². The van der Waals surface area contributed by atoms with Gasteiger partial charge in [-0.1, -0.05) is 54.6 Å². The normalized spacial score (nSPS) is 20.6. The highest BCUT2D eigenvalue weighted by Crippen LogP contribution is 2.35. The second kappa shape index (κ2) is 8.27. The lowest BCUT2D eigenvalue weighted by atomic mass is 9.72. The number of likely N-dealkylation sites (tertiary alicyclic amines) is 1. The number of nitrogens with one attached hydrogen (secondary N) is 1. The molecule has 0 spiro atoms. The molecule has 5 heteroatoms. The molecule has 0 radical (unpaired) electrons. The first-order chi connectivity index (χ1) is 14.1. The number of hydrogen-bond donors (Lipinski definition) is 2. The van der Waals surface area contributed by atoms with E-state index >= 15 is 0 Å². The van der Waals surface area contributed by atoms with Gasteiger partial charge in [-0.3, -0.25) is 4.79 Å². The molecule has 1 heterocycles. The predicted octanol–water partition coefficient (Wildman–Crippen LogP) is 3.34. The van der Waals surface area contributed by atoms with E-state index in [9.17, 15) is 9.59 Å². The zero-order valence-electron chi connectivity index (χ0n) is 16.8. The largest absolute Gasteiger partial charge is 0.369 e. The van der Waals surface area contributed by atoms with E-state index in [1.54, 1.807) is 0 Å². The van der Waals surface area contributed by atoms with Gasteiger partial charge in [0.1, 0.15) is 0 Å². The molecule has 152 valence electrons. The quantitative estimate of drug-likeness (QED) is 0.839. The van der Waals surface area contributed by atoms with Crippen LogP contribution in [0.2, 0.25) is 0 Å². The Kier molecular flexibility index (Phi) is 5.56. The molecule has 0 aromatic heterocycles. The number of nitrogens with two attached hydrogens (primary N) is 1. The molecule has 29 heavy (non-hydrogen) atoms. The van der Waals surface area contributed by atoms with Crippen LogP contribution in [0.3, 0.4) is 0 Å². The zero-order valence-corrected chi connectivity index (χ0v) is 16.8. The minimum atomic E-state index is -0.680. The summed E-state index contributed by atoms with van der Waals surface area (Å²) in [7, 11) is 0. The number of fused-ring (bicyclic) bond motifs is 1. The van der Waals surface area contributed by atoms with Gasteiger partial charge in [-0.2, -0.15) is 0 Å². The first kappa shape index (κ1) is 19.5. The summed E-state index contributed by atoms with van der Waals surface area (Å²) in [5, 5.41) is 3.13. The van der Waals surface area contributed by atoms with Crippen molar-refractivity contribution < 1.29 is 9.59 Å². The highest BCUT2D eigenvalue weighted by Gasteiger charge is 2.42. The Morgan fingerprint density at radius 2 is 1.72 bits per heavy atom. The second-order valence-corrected chi connectivity index (χ2v) is 8.27. The molecule has 1 aliphatic heterocycles. The standard InChI is InChI=1S/C24H29N3O2/c25-22(28)24(20-10-2-1-3-11-20)13-15-27(16-14-24)23(29)26-17-19-9-6-8-18-7-4-5-12-21(18)19/h1-5,7,10-12,19H,6,8-9,13-17H2,(H2,25,28)(H,26,29). The molecule has 1 atom stereocenters. The predicted molar refractivity (Wildman–Crippen MR) is 114 cm³/mol. The van der Waals surface area contributed by atoms with Crippen LogP contribution < -0.4 is 11.1 Å². The van der Waals surface area contributed by atoms with E-state index in [-0.39, 0.29) is 11.9 Å². The number of nitrogens with zero attached hydrogens (tertiary/aromatic N) is 1. The highest BCUT2D eigenvalue weighted by molar-refractivity contribution is 5.87. The van der Waals surface area contributed by atoms with Crippen LogP contribution in [0.25, 0.3) is 0 Å². The molecule has 4 rings (SSSR count). The molecule has 1 fully saturated rings. The van der Waals surface area contributed by atoms with Gasteiger partial charge < -0.3 is 16.0 Å². The topological polar surface area (TPSA) is 75.4 Å². The molecule has 1 saturated heterocycles. The highest BCUT2D eigenvalue weighted by atomic mass is 16.2. The molecule has 2 aliphatic rings. The molecular formula is C24H29N3O2. The monoisotopic (exact) mass is 391 g/mol. The van der Waals surface area contributed by atoms with Crippen molar-refractivity contribution in [3.05, 3.63) is 71.3 Å². The number of amides is 3. The number of carbonyl (C=O) groups excluding carboxylic acids is 2. The summed E-state index contributed by atoms with van der Waals surface area (Å²) in [6, 6.07) is 18.2. The fraction of sp³-hybridized carbons (Fsp3) is 0.417. The Morgan fingerprint density at radius 3 is 2.45 bits per heavy atom. The van der Waals surface area contributed by atoms with Gasteiger partial charge in [0.15, 0.2) is 0 Å². The first-order valence-corrected chi connectivity index (χ1v) is 10.6. The molecule has 2 aromatic carbocycles. The van der Waals surface area contributed by atoms with Crippen molar-refractivity contribution in [1.29, 1.82) is 0 Å².